The number of hydrogen-bond acceptors (Lipinski definition) is 6. The van der Waals surface area contributed by atoms with Crippen molar-refractivity contribution in [1.82, 2.24) is 4.90 Å². The van der Waals surface area contributed by atoms with E-state index in [1.807, 2.05) is 76.6 Å². The second-order valence-electron chi connectivity index (χ2n) is 7.79. The smallest absolute Gasteiger partial charge is 0.293 e. The van der Waals surface area contributed by atoms with E-state index in [-0.39, 0.29) is 12.1 Å². The number of benzene rings is 3. The van der Waals surface area contributed by atoms with E-state index in [4.69, 9.17) is 26.2 Å². The topological polar surface area (TPSA) is 66.4 Å². The standard InChI is InChI=1S/C25H23ClN4O3/c1-32-21-13-16-11-12-29-23(24(31)27-18-8-4-3-5-9-18)28-30(19-10-6-7-17(26)14-19)25(29)20(16)15-22(21)33-2/h3-10,13-15,25H,11-12H2,1-2H3,(H,27,31). The van der Waals surface area contributed by atoms with Crippen LogP contribution in [0.2, 0.25) is 5.02 Å². The van der Waals surface area contributed by atoms with Gasteiger partial charge in [0.15, 0.2) is 17.7 Å². The fourth-order valence-corrected chi connectivity index (χ4v) is 4.51. The number of nitrogens with zero attached hydrogens (tertiary/aromatic N) is 3. The van der Waals surface area contributed by atoms with Gasteiger partial charge >= 0.3 is 0 Å². The molecule has 7 nitrogen and oxygen atoms in total. The third-order valence-electron chi connectivity index (χ3n) is 5.85. The number of carbonyl (C=O) groups excluding carboxylic acids is 1. The molecule has 2 aliphatic rings. The molecular formula is C25H23ClN4O3. The summed E-state index contributed by atoms with van der Waals surface area (Å²) < 4.78 is 11.1. The maximum Gasteiger partial charge on any atom is 0.293 e. The molecule has 3 aromatic carbocycles. The van der Waals surface area contributed by atoms with Crippen molar-refractivity contribution in [2.75, 3.05) is 31.1 Å². The fourth-order valence-electron chi connectivity index (χ4n) is 4.33. The number of hydrazone groups is 1. The highest BCUT2D eigenvalue weighted by Crippen LogP contribution is 2.44. The maximum absolute atomic E-state index is 13.3. The van der Waals surface area contributed by atoms with Crippen LogP contribution in [0.5, 0.6) is 11.5 Å². The summed E-state index contributed by atoms with van der Waals surface area (Å²) in [7, 11) is 3.24. The first-order valence-electron chi connectivity index (χ1n) is 10.6. The SMILES string of the molecule is COc1cc2c(cc1OC)C1N(CC2)C(C(=O)Nc2ccccc2)=NN1c1cccc(Cl)c1. The Kier molecular flexibility index (Phi) is 5.56. The molecule has 0 aromatic heterocycles. The summed E-state index contributed by atoms with van der Waals surface area (Å²) >= 11 is 6.29. The van der Waals surface area contributed by atoms with Crippen molar-refractivity contribution in [3.63, 3.8) is 0 Å². The number of amides is 1. The summed E-state index contributed by atoms with van der Waals surface area (Å²) in [4.78, 5) is 15.3. The minimum Gasteiger partial charge on any atom is -0.493 e. The molecule has 2 heterocycles. The first-order valence-corrected chi connectivity index (χ1v) is 11.0. The molecule has 1 atom stereocenters. The zero-order valence-corrected chi connectivity index (χ0v) is 19.0. The Hall–Kier alpha value is -3.71. The average Bonchev–Trinajstić information content (AvgIpc) is 3.24. The largest absolute Gasteiger partial charge is 0.493 e. The lowest BCUT2D eigenvalue weighted by atomic mass is 9.95. The van der Waals surface area contributed by atoms with Crippen LogP contribution in [0.3, 0.4) is 0 Å². The normalized spacial score (nSPS) is 16.6. The maximum atomic E-state index is 13.3. The van der Waals surface area contributed by atoms with Crippen LogP contribution in [-0.2, 0) is 11.2 Å². The van der Waals surface area contributed by atoms with Gasteiger partial charge in [0.25, 0.3) is 5.91 Å². The van der Waals surface area contributed by atoms with Crippen molar-refractivity contribution in [2.45, 2.75) is 12.6 Å². The number of halogens is 1. The van der Waals surface area contributed by atoms with Gasteiger partial charge in [-0.3, -0.25) is 4.79 Å². The molecule has 1 unspecified atom stereocenters. The predicted octanol–water partition coefficient (Wildman–Crippen LogP) is 4.69. The van der Waals surface area contributed by atoms with E-state index in [9.17, 15) is 4.79 Å². The van der Waals surface area contributed by atoms with Gasteiger partial charge in [-0.25, -0.2) is 5.01 Å². The Labute approximate surface area is 197 Å². The molecule has 2 aliphatic heterocycles. The molecule has 5 rings (SSSR count). The van der Waals surface area contributed by atoms with E-state index in [2.05, 4.69) is 5.32 Å². The highest BCUT2D eigenvalue weighted by atomic mass is 35.5. The molecule has 0 spiro atoms. The first kappa shape index (κ1) is 21.2. The van der Waals surface area contributed by atoms with Gasteiger partial charge in [0.2, 0.25) is 5.84 Å². The summed E-state index contributed by atoms with van der Waals surface area (Å²) in [6.45, 7) is 0.630. The lowest BCUT2D eigenvalue weighted by molar-refractivity contribution is -0.111. The van der Waals surface area contributed by atoms with Gasteiger partial charge in [0, 0.05) is 22.8 Å². The van der Waals surface area contributed by atoms with Crippen LogP contribution in [0.15, 0.2) is 71.8 Å². The quantitative estimate of drug-likeness (QED) is 0.596. The number of ether oxygens (including phenoxy) is 2. The van der Waals surface area contributed by atoms with Gasteiger partial charge in [-0.2, -0.15) is 0 Å². The molecule has 3 aromatic rings. The number of fused-ring (bicyclic) bond motifs is 3. The molecule has 0 aliphatic carbocycles. The molecule has 0 bridgehead atoms. The molecule has 8 heteroatoms. The van der Waals surface area contributed by atoms with Crippen LogP contribution >= 0.6 is 11.6 Å². The monoisotopic (exact) mass is 462 g/mol. The van der Waals surface area contributed by atoms with E-state index >= 15 is 0 Å². The summed E-state index contributed by atoms with van der Waals surface area (Å²) in [5, 5.41) is 10.2. The number of methoxy groups -OCH3 is 2. The van der Waals surface area contributed by atoms with Crippen LogP contribution in [0, 0.1) is 0 Å². The average molecular weight is 463 g/mol. The van der Waals surface area contributed by atoms with Crippen LogP contribution in [0.1, 0.15) is 17.3 Å². The Morgan fingerprint density at radius 2 is 1.79 bits per heavy atom. The van der Waals surface area contributed by atoms with Gasteiger partial charge < -0.3 is 19.7 Å². The van der Waals surface area contributed by atoms with Crippen molar-refractivity contribution in [1.29, 1.82) is 0 Å². The number of carbonyl (C=O) groups is 1. The second kappa shape index (κ2) is 8.67. The number of para-hydroxylation sites is 1. The van der Waals surface area contributed by atoms with Crippen LogP contribution in [0.25, 0.3) is 0 Å². The molecule has 168 valence electrons. The van der Waals surface area contributed by atoms with E-state index in [0.29, 0.717) is 34.6 Å². The summed E-state index contributed by atoms with van der Waals surface area (Å²) in [6, 6.07) is 20.8. The van der Waals surface area contributed by atoms with Gasteiger partial charge in [-0.1, -0.05) is 35.9 Å². The Balaban J connectivity index is 1.58. The minimum absolute atomic E-state index is 0.264. The van der Waals surface area contributed by atoms with Crippen molar-refractivity contribution < 1.29 is 14.3 Å². The van der Waals surface area contributed by atoms with E-state index in [1.54, 1.807) is 14.2 Å². The van der Waals surface area contributed by atoms with E-state index < -0.39 is 0 Å². The number of hydrogen-bond donors (Lipinski definition) is 1. The minimum atomic E-state index is -0.316. The highest BCUT2D eigenvalue weighted by Gasteiger charge is 2.43. The van der Waals surface area contributed by atoms with E-state index in [0.717, 1.165) is 23.2 Å². The fraction of sp³-hybridized carbons (Fsp3) is 0.200. The van der Waals surface area contributed by atoms with Gasteiger partial charge in [0.05, 0.1) is 19.9 Å². The summed E-state index contributed by atoms with van der Waals surface area (Å²) in [5.41, 5.74) is 3.64. The van der Waals surface area contributed by atoms with Gasteiger partial charge in [-0.05, 0) is 54.4 Å². The third kappa shape index (κ3) is 3.85. The molecule has 33 heavy (non-hydrogen) atoms. The first-order chi connectivity index (χ1) is 16.1. The molecule has 1 amide bonds. The lowest BCUT2D eigenvalue weighted by Crippen LogP contribution is -2.44. The molecule has 0 radical (unpaired) electrons. The van der Waals surface area contributed by atoms with Crippen LogP contribution in [0.4, 0.5) is 11.4 Å². The summed E-state index contributed by atoms with van der Waals surface area (Å²) in [5.74, 6) is 1.40. The zero-order valence-electron chi connectivity index (χ0n) is 18.3. The second-order valence-corrected chi connectivity index (χ2v) is 8.23. The lowest BCUT2D eigenvalue weighted by Gasteiger charge is -2.37. The number of nitrogens with one attached hydrogen (secondary N) is 1. The highest BCUT2D eigenvalue weighted by molar-refractivity contribution is 6.42. The Morgan fingerprint density at radius 3 is 2.52 bits per heavy atom. The van der Waals surface area contributed by atoms with Gasteiger partial charge in [0.1, 0.15) is 0 Å². The zero-order chi connectivity index (χ0) is 22.9. The molecular weight excluding hydrogens is 440 g/mol. The van der Waals surface area contributed by atoms with Gasteiger partial charge in [-0.15, -0.1) is 5.10 Å². The van der Waals surface area contributed by atoms with Crippen molar-refractivity contribution in [2.24, 2.45) is 5.10 Å². The molecule has 0 saturated carbocycles. The predicted molar refractivity (Wildman–Crippen MR) is 129 cm³/mol. The van der Waals surface area contributed by atoms with E-state index in [1.165, 1.54) is 0 Å². The Bertz CT molecular complexity index is 1230. The summed E-state index contributed by atoms with van der Waals surface area (Å²) in [6.07, 6.45) is 0.427. The molecule has 0 fully saturated rings. The van der Waals surface area contributed by atoms with Crippen molar-refractivity contribution in [3.8, 4) is 11.5 Å². The Morgan fingerprint density at radius 1 is 1.03 bits per heavy atom. The third-order valence-corrected chi connectivity index (χ3v) is 6.09. The number of rotatable bonds is 5. The van der Waals surface area contributed by atoms with Crippen molar-refractivity contribution >= 4 is 34.7 Å². The van der Waals surface area contributed by atoms with Crippen LogP contribution in [-0.4, -0.2) is 37.4 Å². The van der Waals surface area contributed by atoms with Crippen molar-refractivity contribution in [3.05, 3.63) is 82.9 Å². The number of amidine groups is 1. The number of anilines is 2. The molecule has 0 saturated heterocycles. The molecule has 1 N–H and O–H groups in total. The van der Waals surface area contributed by atoms with Crippen LogP contribution < -0.4 is 19.8 Å².